The number of aromatic nitrogens is 1. The van der Waals surface area contributed by atoms with Crippen LogP contribution in [0.25, 0.3) is 10.8 Å². The van der Waals surface area contributed by atoms with Crippen LogP contribution in [-0.2, 0) is 86.4 Å². The Hall–Kier alpha value is -9.14. The summed E-state index contributed by atoms with van der Waals surface area (Å²) in [6.07, 6.45) is 1.89. The second-order valence-corrected chi connectivity index (χ2v) is 32.3. The highest BCUT2D eigenvalue weighted by Gasteiger charge is 2.47. The van der Waals surface area contributed by atoms with Crippen LogP contribution in [0.3, 0.4) is 0 Å². The molecule has 3 heterocycles. The molecular formula is C87H126N8O18. The number of aromatic hydroxyl groups is 1. The van der Waals surface area contributed by atoms with Crippen molar-refractivity contribution in [3.05, 3.63) is 102 Å². The number of aromatic amines is 1. The maximum atomic E-state index is 15.6. The molecule has 6 amide bonds. The van der Waals surface area contributed by atoms with Crippen LogP contribution >= 0.6 is 0 Å². The predicted octanol–water partition coefficient (Wildman–Crippen LogP) is 9.00. The van der Waals surface area contributed by atoms with Crippen molar-refractivity contribution in [3.8, 4) is 5.75 Å². The molecule has 2 aliphatic heterocycles. The number of nitrogens with one attached hydrogen (secondary N) is 6. The van der Waals surface area contributed by atoms with E-state index < -0.39 is 186 Å². The van der Waals surface area contributed by atoms with Gasteiger partial charge in [0.15, 0.2) is 28.9 Å². The number of aliphatic carboxylic acids is 1. The largest absolute Gasteiger partial charge is 0.508 e. The number of nitrogens with two attached hydrogens (primary N) is 1. The maximum Gasteiger partial charge on any atom is 0.303 e. The molecule has 622 valence electrons. The lowest BCUT2D eigenvalue weighted by molar-refractivity contribution is -0.140. The molecule has 113 heavy (non-hydrogen) atoms. The SMILES string of the molecule is CC.CC(=O)CCCC(=O)C[C@H](C(=O)N[C@@H](CO)C(=O)C[C@@H](Cc1ccccc1)C(=O)N[C@]1(C)CCCCCCCCCN2CC[C@](C(N)=O)(CC(=O)[C@H](CC(C)C)NC(=O)[C@H](CC(C)C)CC(=O)[C@H](C)NC(=O)[C@H](Cc3[nH]cc4ccccc34)CC(=O)[C@H](Cc3ccc(O)cc3)NC(=O)[C@H](CCC(=O)O)CC1=O)C2)C(C)O. The second-order valence-electron chi connectivity index (χ2n) is 32.3. The number of carboxylic acid groups (broad SMARTS) is 1. The zero-order chi connectivity index (χ0) is 83.7. The van der Waals surface area contributed by atoms with E-state index in [2.05, 4.69) is 36.5 Å². The molecule has 2 saturated heterocycles. The normalized spacial score (nSPS) is 23.8. The molecule has 2 bridgehead atoms. The van der Waals surface area contributed by atoms with E-state index >= 15 is 24.0 Å². The van der Waals surface area contributed by atoms with Crippen molar-refractivity contribution in [2.75, 3.05) is 26.2 Å². The third-order valence-corrected chi connectivity index (χ3v) is 21.9. The molecule has 0 spiro atoms. The summed E-state index contributed by atoms with van der Waals surface area (Å²) in [5.74, 6) is -16.0. The first kappa shape index (κ1) is 94.5. The number of amides is 6. The molecule has 4 aromatic rings. The number of benzene rings is 3. The van der Waals surface area contributed by atoms with Crippen molar-refractivity contribution < 1.29 is 87.5 Å². The van der Waals surface area contributed by atoms with E-state index in [0.29, 0.717) is 55.6 Å². The number of rotatable bonds is 29. The lowest BCUT2D eigenvalue weighted by atomic mass is 9.79. The molecule has 2 fully saturated rings. The summed E-state index contributed by atoms with van der Waals surface area (Å²) in [5.41, 5.74) is 4.73. The minimum atomic E-state index is -1.83. The quantitative estimate of drug-likeness (QED) is 0.0241. The topological polar surface area (TPSA) is 425 Å². The van der Waals surface area contributed by atoms with Crippen LogP contribution in [0.2, 0.25) is 0 Å². The lowest BCUT2D eigenvalue weighted by Crippen LogP contribution is -2.56. The number of hydrogen-bond donors (Lipinski definition) is 11. The Balaban J connectivity index is 0.0000113. The molecule has 3 aromatic carbocycles. The summed E-state index contributed by atoms with van der Waals surface area (Å²) in [6.45, 7) is 17.7. The summed E-state index contributed by atoms with van der Waals surface area (Å²) < 4.78 is 0. The molecule has 13 atom stereocenters. The van der Waals surface area contributed by atoms with Gasteiger partial charge in [-0.3, -0.25) is 62.3 Å². The Morgan fingerprint density at radius 3 is 1.88 bits per heavy atom. The average Bonchev–Trinajstić information content (AvgIpc) is 1.73. The van der Waals surface area contributed by atoms with Crippen LogP contribution in [0, 0.1) is 46.8 Å². The first-order valence-electron chi connectivity index (χ1n) is 40.7. The van der Waals surface area contributed by atoms with Crippen LogP contribution < -0.4 is 32.3 Å². The first-order valence-corrected chi connectivity index (χ1v) is 40.7. The van der Waals surface area contributed by atoms with Gasteiger partial charge < -0.3 is 67.4 Å². The predicted molar refractivity (Wildman–Crippen MR) is 429 cm³/mol. The summed E-state index contributed by atoms with van der Waals surface area (Å²) in [7, 11) is 0. The van der Waals surface area contributed by atoms with E-state index in [1.54, 1.807) is 42.6 Å². The van der Waals surface area contributed by atoms with Crippen molar-refractivity contribution in [2.45, 2.75) is 266 Å². The van der Waals surface area contributed by atoms with Crippen molar-refractivity contribution in [3.63, 3.8) is 0 Å². The van der Waals surface area contributed by atoms with Crippen LogP contribution in [0.1, 0.15) is 227 Å². The Morgan fingerprint density at radius 2 is 1.26 bits per heavy atom. The number of ketones is 7. The average molecular weight is 1570 g/mol. The minimum Gasteiger partial charge on any atom is -0.508 e. The molecule has 2 aliphatic rings. The molecule has 26 heteroatoms. The van der Waals surface area contributed by atoms with Gasteiger partial charge in [-0.15, -0.1) is 0 Å². The van der Waals surface area contributed by atoms with Gasteiger partial charge in [0.05, 0.1) is 53.6 Å². The smallest absolute Gasteiger partial charge is 0.303 e. The lowest BCUT2D eigenvalue weighted by Gasteiger charge is -2.33. The van der Waals surface area contributed by atoms with Gasteiger partial charge in [-0.05, 0) is 139 Å². The maximum absolute atomic E-state index is 15.6. The molecule has 0 radical (unpaired) electrons. The Morgan fingerprint density at radius 1 is 0.646 bits per heavy atom. The van der Waals surface area contributed by atoms with Gasteiger partial charge in [0, 0.05) is 106 Å². The van der Waals surface area contributed by atoms with E-state index in [1.807, 2.05) is 59.7 Å². The fraction of sp³-hybridized carbons (Fsp3) is 0.609. The van der Waals surface area contributed by atoms with Crippen LogP contribution in [0.5, 0.6) is 5.75 Å². The first-order chi connectivity index (χ1) is 53.6. The Kier molecular flexibility index (Phi) is 39.2. The summed E-state index contributed by atoms with van der Waals surface area (Å²) in [4.78, 5) is 204. The van der Waals surface area contributed by atoms with Gasteiger partial charge >= 0.3 is 5.97 Å². The molecule has 2 unspecified atom stereocenters. The zero-order valence-corrected chi connectivity index (χ0v) is 68.0. The van der Waals surface area contributed by atoms with Crippen molar-refractivity contribution in [1.29, 1.82) is 0 Å². The number of phenols is 1. The number of aliphatic hydroxyl groups excluding tert-OH is 2. The standard InChI is InChI=1S/C85H120N8O18.C2H6/c1-52(2)38-61-43-72(99)55(6)88-79(107)63(42-68-66-27-18-17-25-60(66)49-87-68)45-73(100)70(41-58-28-31-64(97)32-29-58)90-78(106)59(30-33-77(104)105)46-76(103)84(8,34-19-12-10-9-11-13-20-36-93-37-35-85(51-93,83(86)111)48-75(102)69(39-53(3)4)89-80(61)108)92-81(109)62(40-57-23-15-14-16-24-57)44-74(101)71(50-94)91-82(110)67(56(7)96)47-65(98)26-21-22-54(5)95;1-2/h14-18,23-25,27-29,31-32,49,52-53,55-56,59,61-63,67,69-71,87,94,96-97H,9-13,19-22,26,30,33-48,50-51H2,1-8H3,(H2,86,111)(H,88,107)(H,89,108)(H,90,106)(H,91,110)(H,92,109)(H,104,105);1-2H3/t55-,56?,59+,61+,62+,63+,67-,69-,70-,71-,84+,85-;/m0./s1. The molecular weight excluding hydrogens is 1440 g/mol. The molecule has 12 N–H and O–H groups in total. The molecule has 1 aromatic heterocycles. The number of nitrogens with zero attached hydrogens (tertiary/aromatic N) is 1. The van der Waals surface area contributed by atoms with Crippen molar-refractivity contribution >= 4 is 92.7 Å². The number of carbonyl (C=O) groups is 14. The molecule has 0 aliphatic carbocycles. The molecule has 6 rings (SSSR count). The van der Waals surface area contributed by atoms with E-state index in [4.69, 9.17) is 5.73 Å². The van der Waals surface area contributed by atoms with E-state index in [9.17, 15) is 63.6 Å². The van der Waals surface area contributed by atoms with Crippen molar-refractivity contribution in [1.82, 2.24) is 36.5 Å². The number of phenolic OH excluding ortho intramolecular Hbond substituents is 1. The van der Waals surface area contributed by atoms with E-state index in [0.717, 1.165) is 36.5 Å². The van der Waals surface area contributed by atoms with Crippen LogP contribution in [0.4, 0.5) is 0 Å². The summed E-state index contributed by atoms with van der Waals surface area (Å²) in [6, 6.07) is 16.4. The monoisotopic (exact) mass is 1570 g/mol. The number of H-pyrrole nitrogens is 1. The van der Waals surface area contributed by atoms with Crippen LogP contribution in [0.15, 0.2) is 85.1 Å². The molecule has 0 saturated carbocycles. The highest BCUT2D eigenvalue weighted by atomic mass is 16.4. The van der Waals surface area contributed by atoms with Crippen LogP contribution in [-0.4, -0.2) is 174 Å². The number of primary amides is 1. The molecule has 26 nitrogen and oxygen atoms in total. The third kappa shape index (κ3) is 31.0. The van der Waals surface area contributed by atoms with Gasteiger partial charge in [-0.25, -0.2) is 0 Å². The number of carbonyl (C=O) groups excluding carboxylic acids is 13. The highest BCUT2D eigenvalue weighted by Crippen LogP contribution is 2.36. The Labute approximate surface area is 665 Å². The van der Waals surface area contributed by atoms with E-state index in [1.165, 1.54) is 52.0 Å². The fourth-order valence-corrected chi connectivity index (χ4v) is 15.2. The zero-order valence-electron chi connectivity index (χ0n) is 68.0. The van der Waals surface area contributed by atoms with Gasteiger partial charge in [0.2, 0.25) is 35.4 Å². The van der Waals surface area contributed by atoms with Gasteiger partial charge in [0.25, 0.3) is 0 Å². The fourth-order valence-electron chi connectivity index (χ4n) is 15.2. The third-order valence-electron chi connectivity index (χ3n) is 21.9. The van der Waals surface area contributed by atoms with E-state index in [-0.39, 0.29) is 106 Å². The van der Waals surface area contributed by atoms with Gasteiger partial charge in [-0.2, -0.15) is 0 Å². The number of aliphatic hydroxyl groups is 2. The number of hydrogen-bond acceptors (Lipinski definition) is 18. The summed E-state index contributed by atoms with van der Waals surface area (Å²) in [5, 5.41) is 57.4. The van der Waals surface area contributed by atoms with Gasteiger partial charge in [-0.1, -0.05) is 147 Å². The number of fused-ring (bicyclic) bond motifs is 3. The van der Waals surface area contributed by atoms with Crippen molar-refractivity contribution in [2.24, 2.45) is 52.6 Å². The van der Waals surface area contributed by atoms with Gasteiger partial charge in [0.1, 0.15) is 23.4 Å². The second kappa shape index (κ2) is 46.9. The minimum absolute atomic E-state index is 0.0196. The number of Topliss-reactive ketones (excluding diaryl/α,β-unsaturated/α-hetero) is 7. The Bertz CT molecular complexity index is 3850. The summed E-state index contributed by atoms with van der Waals surface area (Å²) >= 11 is 0. The highest BCUT2D eigenvalue weighted by molar-refractivity contribution is 6.01. The number of carboxylic acids is 1.